The summed E-state index contributed by atoms with van der Waals surface area (Å²) >= 11 is 0. The normalized spacial score (nSPS) is 7.54. The molecule has 7 heteroatoms. The van der Waals surface area contributed by atoms with E-state index < -0.39 is 11.9 Å². The maximum Gasteiger partial charge on any atom is 1.00 e. The molecule has 0 aliphatic carbocycles. The molecule has 0 aliphatic heterocycles. The van der Waals surface area contributed by atoms with Crippen molar-refractivity contribution in [3.8, 4) is 0 Å². The SMILES string of the molecule is CC(=O)O.O=C(O)C[N-]CCO.[Na+]. The molecule has 0 aromatic carbocycles. The summed E-state index contributed by atoms with van der Waals surface area (Å²) in [6, 6.07) is 0. The predicted molar refractivity (Wildman–Crippen MR) is 41.1 cm³/mol. The van der Waals surface area contributed by atoms with Gasteiger partial charge in [-0.25, -0.2) is 0 Å². The van der Waals surface area contributed by atoms with Crippen LogP contribution in [0.1, 0.15) is 6.92 Å². The van der Waals surface area contributed by atoms with Gasteiger partial charge in [0, 0.05) is 13.5 Å². The summed E-state index contributed by atoms with van der Waals surface area (Å²) in [7, 11) is 0. The molecule has 0 unspecified atom stereocenters. The minimum absolute atomic E-state index is 0. The molecule has 3 N–H and O–H groups in total. The number of hydrogen-bond donors (Lipinski definition) is 3. The van der Waals surface area contributed by atoms with E-state index in [4.69, 9.17) is 20.1 Å². The molecular weight excluding hydrogens is 189 g/mol. The summed E-state index contributed by atoms with van der Waals surface area (Å²) in [5.74, 6) is -1.79. The van der Waals surface area contributed by atoms with Crippen LogP contribution in [0.15, 0.2) is 0 Å². The van der Waals surface area contributed by atoms with Gasteiger partial charge in [-0.15, -0.1) is 6.54 Å². The van der Waals surface area contributed by atoms with Crippen molar-refractivity contribution in [1.82, 2.24) is 0 Å². The number of carbonyl (C=O) groups is 2. The van der Waals surface area contributed by atoms with E-state index in [1.165, 1.54) is 0 Å². The molecule has 0 bridgehead atoms. The molecule has 13 heavy (non-hydrogen) atoms. The molecule has 0 amide bonds. The van der Waals surface area contributed by atoms with E-state index in [9.17, 15) is 4.79 Å². The largest absolute Gasteiger partial charge is 1.00 e. The molecule has 0 fully saturated rings. The second kappa shape index (κ2) is 14.4. The first kappa shape index (κ1) is 18.6. The van der Waals surface area contributed by atoms with Gasteiger partial charge in [-0.1, -0.05) is 0 Å². The topological polar surface area (TPSA) is 109 Å². The summed E-state index contributed by atoms with van der Waals surface area (Å²) < 4.78 is 0. The molecule has 0 heterocycles. The Morgan fingerprint density at radius 1 is 1.31 bits per heavy atom. The van der Waals surface area contributed by atoms with E-state index >= 15 is 0 Å². The number of aliphatic carboxylic acids is 2. The van der Waals surface area contributed by atoms with Crippen LogP contribution in [0, 0.1) is 0 Å². The van der Waals surface area contributed by atoms with Crippen LogP contribution >= 0.6 is 0 Å². The number of nitrogens with zero attached hydrogens (tertiary/aromatic N) is 1. The molecule has 0 aromatic rings. The third kappa shape index (κ3) is 48.8. The van der Waals surface area contributed by atoms with E-state index in [2.05, 4.69) is 5.32 Å². The molecule has 0 rings (SSSR count). The van der Waals surface area contributed by atoms with E-state index in [0.29, 0.717) is 0 Å². The van der Waals surface area contributed by atoms with Crippen LogP contribution in [-0.2, 0) is 9.59 Å². The van der Waals surface area contributed by atoms with Crippen molar-refractivity contribution in [2.24, 2.45) is 0 Å². The molecule has 0 spiro atoms. The number of rotatable bonds is 4. The summed E-state index contributed by atoms with van der Waals surface area (Å²) in [5.41, 5.74) is 0. The van der Waals surface area contributed by atoms with Crippen molar-refractivity contribution in [2.45, 2.75) is 6.92 Å². The smallest absolute Gasteiger partial charge is 0.651 e. The minimum atomic E-state index is -0.960. The Morgan fingerprint density at radius 2 is 1.69 bits per heavy atom. The fourth-order valence-electron chi connectivity index (χ4n) is 0.245. The fourth-order valence-corrected chi connectivity index (χ4v) is 0.245. The Kier molecular flexibility index (Phi) is 20.6. The second-order valence-electron chi connectivity index (χ2n) is 1.74. The molecule has 72 valence electrons. The Morgan fingerprint density at radius 3 is 1.92 bits per heavy atom. The van der Waals surface area contributed by atoms with Gasteiger partial charge in [0.1, 0.15) is 0 Å². The van der Waals surface area contributed by atoms with Gasteiger partial charge in [0.25, 0.3) is 11.9 Å². The number of aliphatic hydroxyl groups is 1. The van der Waals surface area contributed by atoms with Gasteiger partial charge >= 0.3 is 29.6 Å². The Balaban J connectivity index is -0.000000173. The number of aliphatic hydroxyl groups excluding tert-OH is 1. The van der Waals surface area contributed by atoms with Crippen LogP contribution in [0.5, 0.6) is 0 Å². The first-order valence-corrected chi connectivity index (χ1v) is 3.16. The summed E-state index contributed by atoms with van der Waals surface area (Å²) in [6.45, 7) is 1.01. The summed E-state index contributed by atoms with van der Waals surface area (Å²) in [5, 5.41) is 26.9. The van der Waals surface area contributed by atoms with Crippen LogP contribution in [0.25, 0.3) is 5.32 Å². The second-order valence-corrected chi connectivity index (χ2v) is 1.74. The van der Waals surface area contributed by atoms with Gasteiger partial charge in [0.15, 0.2) is 0 Å². The van der Waals surface area contributed by atoms with E-state index in [-0.39, 0.29) is 49.3 Å². The standard InChI is InChI=1S/C4H8NO3.C2H4O2.Na/c6-2-1-5-3-4(7)8;1-2(3)4;/h6H,1-3H2,(H,7,8);1H3,(H,3,4);/q-1;;+1. The van der Waals surface area contributed by atoms with E-state index in [1.54, 1.807) is 0 Å². The van der Waals surface area contributed by atoms with Crippen LogP contribution in [0.4, 0.5) is 0 Å². The van der Waals surface area contributed by atoms with Crippen molar-refractivity contribution >= 4 is 11.9 Å². The quantitative estimate of drug-likeness (QED) is 0.323. The van der Waals surface area contributed by atoms with Crippen molar-refractivity contribution in [3.63, 3.8) is 0 Å². The van der Waals surface area contributed by atoms with Crippen LogP contribution < -0.4 is 29.6 Å². The van der Waals surface area contributed by atoms with Crippen molar-refractivity contribution in [3.05, 3.63) is 5.32 Å². The van der Waals surface area contributed by atoms with E-state index in [1.807, 2.05) is 0 Å². The molecule has 0 saturated heterocycles. The van der Waals surface area contributed by atoms with Crippen LogP contribution in [0.2, 0.25) is 0 Å². The average molecular weight is 201 g/mol. The van der Waals surface area contributed by atoms with Gasteiger partial charge in [-0.2, -0.15) is 0 Å². The number of carboxylic acid groups (broad SMARTS) is 2. The fraction of sp³-hybridized carbons (Fsp3) is 0.667. The third-order valence-corrected chi connectivity index (χ3v) is 0.505. The molecule has 0 radical (unpaired) electrons. The predicted octanol–water partition coefficient (Wildman–Crippen LogP) is -3.47. The number of hydrogen-bond acceptors (Lipinski definition) is 3. The van der Waals surface area contributed by atoms with Gasteiger partial charge < -0.3 is 20.6 Å². The Labute approximate surface area is 98.2 Å². The van der Waals surface area contributed by atoms with Crippen molar-refractivity contribution < 1.29 is 54.5 Å². The van der Waals surface area contributed by atoms with Gasteiger partial charge in [0.05, 0.1) is 0 Å². The summed E-state index contributed by atoms with van der Waals surface area (Å²) in [4.78, 5) is 18.7. The zero-order chi connectivity index (χ0) is 9.98. The molecule has 0 atom stereocenters. The maximum atomic E-state index is 9.70. The van der Waals surface area contributed by atoms with Crippen molar-refractivity contribution in [2.75, 3.05) is 19.7 Å². The van der Waals surface area contributed by atoms with Crippen LogP contribution in [0.3, 0.4) is 0 Å². The monoisotopic (exact) mass is 201 g/mol. The molecule has 6 nitrogen and oxygen atoms in total. The zero-order valence-electron chi connectivity index (χ0n) is 7.73. The third-order valence-electron chi connectivity index (χ3n) is 0.505. The first-order chi connectivity index (χ1) is 5.50. The molecule has 0 aromatic heterocycles. The molecule has 0 aliphatic rings. The van der Waals surface area contributed by atoms with Gasteiger partial charge in [0.2, 0.25) is 0 Å². The average Bonchev–Trinajstić information content (AvgIpc) is 1.86. The van der Waals surface area contributed by atoms with Gasteiger partial charge in [-0.3, -0.25) is 9.59 Å². The van der Waals surface area contributed by atoms with Crippen LogP contribution in [-0.4, -0.2) is 47.0 Å². The minimum Gasteiger partial charge on any atom is -0.651 e. The van der Waals surface area contributed by atoms with Crippen molar-refractivity contribution in [1.29, 1.82) is 0 Å². The van der Waals surface area contributed by atoms with Gasteiger partial charge in [-0.05, 0) is 6.54 Å². The zero-order valence-corrected chi connectivity index (χ0v) is 9.73. The molecule has 0 saturated carbocycles. The Bertz CT molecular complexity index is 137. The number of carboxylic acids is 2. The Hall–Kier alpha value is -0.140. The molecular formula is C6H12NNaO5. The summed E-state index contributed by atoms with van der Waals surface area (Å²) in [6.07, 6.45) is 0. The maximum absolute atomic E-state index is 9.70. The first-order valence-electron chi connectivity index (χ1n) is 3.16. The van der Waals surface area contributed by atoms with E-state index in [0.717, 1.165) is 6.92 Å².